The van der Waals surface area contributed by atoms with Crippen LogP contribution in [-0.4, -0.2) is 36.0 Å². The maximum absolute atomic E-state index is 9.99. The summed E-state index contributed by atoms with van der Waals surface area (Å²) in [5.74, 6) is 0.529. The van der Waals surface area contributed by atoms with Gasteiger partial charge >= 0.3 is 7.12 Å². The molecule has 0 saturated heterocycles. The molecule has 0 radical (unpaired) electrons. The fraction of sp³-hybridized carbons (Fsp3) is 0.500. The second-order valence-electron chi connectivity index (χ2n) is 5.19. The highest BCUT2D eigenvalue weighted by Gasteiger charge is 2.39. The van der Waals surface area contributed by atoms with Crippen LogP contribution in [0.15, 0.2) is 12.1 Å². The number of halogens is 1. The minimum Gasteiger partial charge on any atom is -0.491 e. The monoisotopic (exact) mass is 377 g/mol. The molecular formula is C12H17BINO4. The van der Waals surface area contributed by atoms with Crippen molar-refractivity contribution >= 4 is 35.2 Å². The smallest absolute Gasteiger partial charge is 0.491 e. The van der Waals surface area contributed by atoms with Gasteiger partial charge in [0.25, 0.3) is 0 Å². The fourth-order valence-electron chi connectivity index (χ4n) is 2.02. The number of ether oxygens (including phenoxy) is 1. The van der Waals surface area contributed by atoms with E-state index in [0.717, 1.165) is 9.13 Å². The number of rotatable bonds is 4. The molecule has 1 aliphatic heterocycles. The van der Waals surface area contributed by atoms with E-state index in [1.54, 1.807) is 19.9 Å². The van der Waals surface area contributed by atoms with E-state index in [1.807, 2.05) is 6.07 Å². The minimum absolute atomic E-state index is 0.139. The molecule has 1 atom stereocenters. The van der Waals surface area contributed by atoms with Gasteiger partial charge in [-0.25, -0.2) is 0 Å². The lowest BCUT2D eigenvalue weighted by Gasteiger charge is -2.20. The Bertz CT molecular complexity index is 478. The molecule has 4 N–H and O–H groups in total. The first-order valence-electron chi connectivity index (χ1n) is 6.04. The van der Waals surface area contributed by atoms with Gasteiger partial charge in [-0.1, -0.05) is 0 Å². The van der Waals surface area contributed by atoms with Gasteiger partial charge in [0.05, 0.1) is 11.7 Å². The lowest BCUT2D eigenvalue weighted by atomic mass is 9.78. The van der Waals surface area contributed by atoms with Gasteiger partial charge < -0.3 is 25.3 Å². The molecule has 0 aromatic heterocycles. The molecular weight excluding hydrogens is 360 g/mol. The maximum atomic E-state index is 9.99. The zero-order chi connectivity index (χ0) is 14.2. The highest BCUT2D eigenvalue weighted by Crippen LogP contribution is 2.31. The van der Waals surface area contributed by atoms with Gasteiger partial charge in [-0.15, -0.1) is 0 Å². The van der Waals surface area contributed by atoms with Gasteiger partial charge in [0.15, 0.2) is 0 Å². The van der Waals surface area contributed by atoms with Crippen molar-refractivity contribution in [2.45, 2.75) is 25.6 Å². The Kier molecular flexibility index (Phi) is 4.41. The molecule has 19 heavy (non-hydrogen) atoms. The van der Waals surface area contributed by atoms with Crippen LogP contribution in [0, 0.1) is 3.57 Å². The van der Waals surface area contributed by atoms with Crippen molar-refractivity contribution in [2.75, 3.05) is 13.2 Å². The lowest BCUT2D eigenvalue weighted by molar-refractivity contribution is 0.0288. The van der Waals surface area contributed by atoms with Crippen LogP contribution in [0.5, 0.6) is 5.75 Å². The van der Waals surface area contributed by atoms with Crippen LogP contribution in [-0.2, 0) is 4.65 Å². The molecule has 2 rings (SSSR count). The van der Waals surface area contributed by atoms with Crippen molar-refractivity contribution in [3.05, 3.63) is 21.3 Å². The molecule has 0 bridgehead atoms. The quantitative estimate of drug-likeness (QED) is 0.515. The Morgan fingerprint density at radius 2 is 2.21 bits per heavy atom. The largest absolute Gasteiger partial charge is 0.495 e. The predicted molar refractivity (Wildman–Crippen MR) is 81.4 cm³/mol. The van der Waals surface area contributed by atoms with Crippen LogP contribution < -0.4 is 15.9 Å². The van der Waals surface area contributed by atoms with E-state index >= 15 is 0 Å². The van der Waals surface area contributed by atoms with Crippen LogP contribution in [0.25, 0.3) is 0 Å². The van der Waals surface area contributed by atoms with Crippen molar-refractivity contribution < 1.29 is 19.5 Å². The number of hydrogen-bond donors (Lipinski definition) is 3. The van der Waals surface area contributed by atoms with Crippen molar-refractivity contribution in [3.8, 4) is 5.75 Å². The number of nitrogens with two attached hydrogens (primary N) is 1. The molecule has 1 heterocycles. The van der Waals surface area contributed by atoms with Crippen LogP contribution in [0.3, 0.4) is 0 Å². The highest BCUT2D eigenvalue weighted by atomic mass is 127. The summed E-state index contributed by atoms with van der Waals surface area (Å²) in [5.41, 5.74) is 6.21. The summed E-state index contributed by atoms with van der Waals surface area (Å²) in [6.45, 7) is 3.76. The van der Waals surface area contributed by atoms with E-state index < -0.39 is 12.7 Å². The predicted octanol–water partition coefficient (Wildman–Crippen LogP) is 0.158. The SMILES string of the molecule is CC(C)(O)COc1ccc(I)c2c1B(O)O[C@@H]2CN. The standard InChI is InChI=1S/C12H17BINO4/c1-12(2,16)6-18-8-4-3-7(14)10-9(5-15)19-13(17)11(8)10/h3-4,9,16-17H,5-6,15H2,1-2H3/t9-/m1/s1. The molecule has 5 nitrogen and oxygen atoms in total. The third-order valence-electron chi connectivity index (χ3n) is 2.85. The lowest BCUT2D eigenvalue weighted by Crippen LogP contribution is -2.34. The Morgan fingerprint density at radius 3 is 2.79 bits per heavy atom. The van der Waals surface area contributed by atoms with Gasteiger partial charge in [0, 0.05) is 15.6 Å². The Morgan fingerprint density at radius 1 is 1.53 bits per heavy atom. The van der Waals surface area contributed by atoms with E-state index in [4.69, 9.17) is 15.1 Å². The molecule has 104 valence electrons. The van der Waals surface area contributed by atoms with Gasteiger partial charge in [0.1, 0.15) is 12.4 Å². The zero-order valence-electron chi connectivity index (χ0n) is 10.9. The normalized spacial score (nSPS) is 18.6. The van der Waals surface area contributed by atoms with Crippen LogP contribution >= 0.6 is 22.6 Å². The van der Waals surface area contributed by atoms with E-state index in [1.165, 1.54) is 0 Å². The molecule has 7 heteroatoms. The van der Waals surface area contributed by atoms with Gasteiger partial charge in [-0.2, -0.15) is 0 Å². The van der Waals surface area contributed by atoms with Crippen LogP contribution in [0.2, 0.25) is 0 Å². The fourth-order valence-corrected chi connectivity index (χ4v) is 2.83. The van der Waals surface area contributed by atoms with Gasteiger partial charge in [0.2, 0.25) is 0 Å². The summed E-state index contributed by atoms with van der Waals surface area (Å²) in [5, 5.41) is 19.7. The first-order chi connectivity index (χ1) is 8.83. The highest BCUT2D eigenvalue weighted by molar-refractivity contribution is 14.1. The third kappa shape index (κ3) is 3.22. The van der Waals surface area contributed by atoms with Crippen molar-refractivity contribution in [1.82, 2.24) is 0 Å². The maximum Gasteiger partial charge on any atom is 0.495 e. The number of benzene rings is 1. The molecule has 1 aliphatic rings. The second-order valence-corrected chi connectivity index (χ2v) is 6.35. The van der Waals surface area contributed by atoms with Crippen molar-refractivity contribution in [1.29, 1.82) is 0 Å². The second kappa shape index (κ2) is 5.57. The van der Waals surface area contributed by atoms with E-state index in [9.17, 15) is 10.1 Å². The van der Waals surface area contributed by atoms with Gasteiger partial charge in [-0.05, 0) is 54.1 Å². The first kappa shape index (κ1) is 15.1. The van der Waals surface area contributed by atoms with Crippen LogP contribution in [0.4, 0.5) is 0 Å². The number of fused-ring (bicyclic) bond motifs is 1. The molecule has 1 aromatic carbocycles. The topological polar surface area (TPSA) is 84.9 Å². The summed E-state index contributed by atoms with van der Waals surface area (Å²) < 4.78 is 12.0. The molecule has 1 aromatic rings. The third-order valence-corrected chi connectivity index (χ3v) is 3.79. The summed E-state index contributed by atoms with van der Waals surface area (Å²) in [7, 11) is -1.03. The zero-order valence-corrected chi connectivity index (χ0v) is 13.0. The van der Waals surface area contributed by atoms with E-state index in [-0.39, 0.29) is 12.7 Å². The Balaban J connectivity index is 2.35. The molecule has 0 saturated carbocycles. The van der Waals surface area contributed by atoms with Crippen molar-refractivity contribution in [2.24, 2.45) is 5.73 Å². The summed E-state index contributed by atoms with van der Waals surface area (Å²) in [6, 6.07) is 3.67. The summed E-state index contributed by atoms with van der Waals surface area (Å²) in [6.07, 6.45) is -0.317. The molecule has 0 spiro atoms. The minimum atomic E-state index is -1.03. The van der Waals surface area contributed by atoms with Gasteiger partial charge in [-0.3, -0.25) is 0 Å². The molecule has 0 aliphatic carbocycles. The van der Waals surface area contributed by atoms with Crippen molar-refractivity contribution in [3.63, 3.8) is 0 Å². The van der Waals surface area contributed by atoms with Crippen LogP contribution in [0.1, 0.15) is 25.5 Å². The van der Waals surface area contributed by atoms with E-state index in [2.05, 4.69) is 22.6 Å². The molecule has 0 amide bonds. The average molecular weight is 377 g/mol. The number of hydrogen-bond acceptors (Lipinski definition) is 5. The number of aliphatic hydroxyl groups is 1. The van der Waals surface area contributed by atoms with E-state index in [0.29, 0.717) is 17.8 Å². The Hall–Kier alpha value is -0.345. The first-order valence-corrected chi connectivity index (χ1v) is 7.12. The summed E-state index contributed by atoms with van der Waals surface area (Å²) >= 11 is 2.18. The summed E-state index contributed by atoms with van der Waals surface area (Å²) in [4.78, 5) is 0. The average Bonchev–Trinajstić information content (AvgIpc) is 2.66. The molecule has 0 unspecified atom stereocenters. The Labute approximate surface area is 126 Å². The molecule has 0 fully saturated rings.